The van der Waals surface area contributed by atoms with Crippen LogP contribution in [0.3, 0.4) is 0 Å². The molecular formula is C10H12FN3O4. The maximum absolute atomic E-state index is 13.3. The lowest BCUT2D eigenvalue weighted by Crippen LogP contribution is -2.13. The number of non-ortho nitro benzene ring substituents is 1. The Hall–Kier alpha value is -2.38. The van der Waals surface area contributed by atoms with E-state index >= 15 is 0 Å². The zero-order valence-corrected chi connectivity index (χ0v) is 9.38. The number of hydrogen-bond acceptors (Lipinski definition) is 5. The number of amidine groups is 1. The highest BCUT2D eigenvalue weighted by molar-refractivity contribution is 5.79. The van der Waals surface area contributed by atoms with Crippen molar-refractivity contribution in [2.45, 2.75) is 12.8 Å². The fourth-order valence-corrected chi connectivity index (χ4v) is 1.21. The van der Waals surface area contributed by atoms with Crippen molar-refractivity contribution < 1.29 is 19.3 Å². The molecule has 7 nitrogen and oxygen atoms in total. The van der Waals surface area contributed by atoms with Gasteiger partial charge in [0.15, 0.2) is 11.6 Å². The van der Waals surface area contributed by atoms with Crippen LogP contribution in [0.2, 0.25) is 0 Å². The predicted molar refractivity (Wildman–Crippen MR) is 61.2 cm³/mol. The van der Waals surface area contributed by atoms with Crippen LogP contribution >= 0.6 is 0 Å². The molecule has 3 N–H and O–H groups in total. The number of ether oxygens (including phenoxy) is 1. The van der Waals surface area contributed by atoms with Gasteiger partial charge in [0.05, 0.1) is 17.6 Å². The first-order valence-electron chi connectivity index (χ1n) is 5.07. The van der Waals surface area contributed by atoms with E-state index in [-0.39, 0.29) is 23.9 Å². The smallest absolute Gasteiger partial charge is 0.272 e. The quantitative estimate of drug-likeness (QED) is 0.201. The second-order valence-electron chi connectivity index (χ2n) is 3.42. The second-order valence-corrected chi connectivity index (χ2v) is 3.42. The summed E-state index contributed by atoms with van der Waals surface area (Å²) in [5.41, 5.74) is 4.89. The van der Waals surface area contributed by atoms with E-state index in [0.717, 1.165) is 12.1 Å². The minimum Gasteiger partial charge on any atom is -0.490 e. The SMILES string of the molecule is N/C(CCCOc1ccc([N+](=O)[O-])cc1F)=N\O. The van der Waals surface area contributed by atoms with Crippen LogP contribution in [0.5, 0.6) is 5.75 Å². The highest BCUT2D eigenvalue weighted by Gasteiger charge is 2.11. The van der Waals surface area contributed by atoms with Crippen LogP contribution in [0.4, 0.5) is 10.1 Å². The Morgan fingerprint density at radius 2 is 2.33 bits per heavy atom. The van der Waals surface area contributed by atoms with Crippen molar-refractivity contribution in [2.75, 3.05) is 6.61 Å². The molecule has 8 heteroatoms. The predicted octanol–water partition coefficient (Wildman–Crippen LogP) is 1.64. The number of nitrogens with two attached hydrogens (primary N) is 1. The highest BCUT2D eigenvalue weighted by Crippen LogP contribution is 2.22. The summed E-state index contributed by atoms with van der Waals surface area (Å²) in [7, 11) is 0. The normalized spacial score (nSPS) is 11.3. The Balaban J connectivity index is 2.51. The third-order valence-corrected chi connectivity index (χ3v) is 2.09. The lowest BCUT2D eigenvalue weighted by Gasteiger charge is -2.06. The highest BCUT2D eigenvalue weighted by atomic mass is 19.1. The zero-order valence-electron chi connectivity index (χ0n) is 9.38. The largest absolute Gasteiger partial charge is 0.490 e. The van der Waals surface area contributed by atoms with Gasteiger partial charge in [0.1, 0.15) is 5.84 Å². The molecule has 0 amide bonds. The molecule has 0 unspecified atom stereocenters. The van der Waals surface area contributed by atoms with Gasteiger partial charge in [-0.3, -0.25) is 10.1 Å². The summed E-state index contributed by atoms with van der Waals surface area (Å²) < 4.78 is 18.4. The van der Waals surface area contributed by atoms with Crippen molar-refractivity contribution in [3.05, 3.63) is 34.1 Å². The van der Waals surface area contributed by atoms with Crippen molar-refractivity contribution in [3.63, 3.8) is 0 Å². The standard InChI is InChI=1S/C10H12FN3O4/c11-8-6-7(14(16)17)3-4-9(8)18-5-1-2-10(12)13-15/h3-4,6,15H,1-2,5H2,(H2,12,13). The van der Waals surface area contributed by atoms with E-state index in [2.05, 4.69) is 5.16 Å². The molecule has 0 aliphatic rings. The zero-order chi connectivity index (χ0) is 13.5. The van der Waals surface area contributed by atoms with Crippen LogP contribution in [0, 0.1) is 15.9 Å². The Morgan fingerprint density at radius 3 is 2.89 bits per heavy atom. The monoisotopic (exact) mass is 257 g/mol. The van der Waals surface area contributed by atoms with Crippen molar-refractivity contribution in [2.24, 2.45) is 10.9 Å². The molecule has 0 saturated heterocycles. The molecular weight excluding hydrogens is 245 g/mol. The van der Waals surface area contributed by atoms with Crippen molar-refractivity contribution >= 4 is 11.5 Å². The average Bonchev–Trinajstić information content (AvgIpc) is 2.35. The van der Waals surface area contributed by atoms with Gasteiger partial charge in [0.25, 0.3) is 5.69 Å². The van der Waals surface area contributed by atoms with Crippen molar-refractivity contribution in [1.29, 1.82) is 0 Å². The van der Waals surface area contributed by atoms with Crippen molar-refractivity contribution in [3.8, 4) is 5.75 Å². The summed E-state index contributed by atoms with van der Waals surface area (Å²) in [6, 6.07) is 3.14. The molecule has 0 aromatic heterocycles. The van der Waals surface area contributed by atoms with Gasteiger partial charge < -0.3 is 15.7 Å². The third-order valence-electron chi connectivity index (χ3n) is 2.09. The van der Waals surface area contributed by atoms with E-state index in [4.69, 9.17) is 15.7 Å². The summed E-state index contributed by atoms with van der Waals surface area (Å²) in [6.07, 6.45) is 0.747. The summed E-state index contributed by atoms with van der Waals surface area (Å²) in [6.45, 7) is 0.158. The fraction of sp³-hybridized carbons (Fsp3) is 0.300. The van der Waals surface area contributed by atoms with E-state index in [1.807, 2.05) is 0 Å². The number of hydrogen-bond donors (Lipinski definition) is 2. The van der Waals surface area contributed by atoms with E-state index in [1.54, 1.807) is 0 Å². The van der Waals surface area contributed by atoms with Gasteiger partial charge in [-0.1, -0.05) is 5.16 Å². The molecule has 0 spiro atoms. The van der Waals surface area contributed by atoms with Crippen LogP contribution in [-0.2, 0) is 0 Å². The second kappa shape index (κ2) is 6.38. The number of nitrogens with zero attached hydrogens (tertiary/aromatic N) is 2. The first-order valence-corrected chi connectivity index (χ1v) is 5.07. The molecule has 0 radical (unpaired) electrons. The van der Waals surface area contributed by atoms with E-state index in [1.165, 1.54) is 6.07 Å². The van der Waals surface area contributed by atoms with Gasteiger partial charge in [-0.2, -0.15) is 0 Å². The van der Waals surface area contributed by atoms with Crippen molar-refractivity contribution in [1.82, 2.24) is 0 Å². The number of halogens is 1. The summed E-state index contributed by atoms with van der Waals surface area (Å²) in [4.78, 5) is 9.69. The Labute approximate surface area is 102 Å². The first kappa shape index (κ1) is 13.7. The molecule has 1 rings (SSSR count). The molecule has 0 bridgehead atoms. The molecule has 0 fully saturated rings. The minimum atomic E-state index is -0.798. The van der Waals surface area contributed by atoms with Crippen LogP contribution in [0.15, 0.2) is 23.4 Å². The number of nitro benzene ring substituents is 1. The van der Waals surface area contributed by atoms with E-state index in [9.17, 15) is 14.5 Å². The lowest BCUT2D eigenvalue weighted by molar-refractivity contribution is -0.385. The number of rotatable bonds is 6. The molecule has 1 aromatic rings. The van der Waals surface area contributed by atoms with Gasteiger partial charge in [-0.15, -0.1) is 0 Å². The Bertz CT molecular complexity index is 464. The van der Waals surface area contributed by atoms with Crippen LogP contribution in [0.1, 0.15) is 12.8 Å². The van der Waals surface area contributed by atoms with Gasteiger partial charge in [0.2, 0.25) is 0 Å². The molecule has 0 atom stereocenters. The van der Waals surface area contributed by atoms with Crippen LogP contribution < -0.4 is 10.5 Å². The fourth-order valence-electron chi connectivity index (χ4n) is 1.21. The van der Waals surface area contributed by atoms with Gasteiger partial charge in [0, 0.05) is 12.5 Å². The van der Waals surface area contributed by atoms with Gasteiger partial charge in [-0.05, 0) is 12.5 Å². The summed E-state index contributed by atoms with van der Waals surface area (Å²) in [5, 5.41) is 21.4. The summed E-state index contributed by atoms with van der Waals surface area (Å²) >= 11 is 0. The van der Waals surface area contributed by atoms with Gasteiger partial charge >= 0.3 is 0 Å². The Morgan fingerprint density at radius 1 is 1.61 bits per heavy atom. The maximum Gasteiger partial charge on any atom is 0.272 e. The van der Waals surface area contributed by atoms with Gasteiger partial charge in [-0.25, -0.2) is 4.39 Å². The number of nitro groups is 1. The summed E-state index contributed by atoms with van der Waals surface area (Å²) in [5.74, 6) is -0.809. The molecule has 0 saturated carbocycles. The van der Waals surface area contributed by atoms with E-state index < -0.39 is 10.7 Å². The molecule has 98 valence electrons. The van der Waals surface area contributed by atoms with Crippen LogP contribution in [0.25, 0.3) is 0 Å². The lowest BCUT2D eigenvalue weighted by atomic mass is 10.3. The molecule has 1 aromatic carbocycles. The van der Waals surface area contributed by atoms with Crippen LogP contribution in [-0.4, -0.2) is 22.6 Å². The number of benzene rings is 1. The first-order chi connectivity index (χ1) is 8.54. The van der Waals surface area contributed by atoms with E-state index in [0.29, 0.717) is 12.8 Å². The molecule has 18 heavy (non-hydrogen) atoms. The molecule has 0 heterocycles. The topological polar surface area (TPSA) is 111 Å². The number of oxime groups is 1. The Kier molecular flexibility index (Phi) is 4.85. The molecule has 0 aliphatic carbocycles. The maximum atomic E-state index is 13.3. The minimum absolute atomic E-state index is 0.0581. The average molecular weight is 257 g/mol. The third kappa shape index (κ3) is 3.89. The molecule has 0 aliphatic heterocycles.